The predicted octanol–water partition coefficient (Wildman–Crippen LogP) is 3.59. The second-order valence-corrected chi connectivity index (χ2v) is 4.68. The normalized spacial score (nSPS) is 26.4. The zero-order chi connectivity index (χ0) is 11.4. The molecular weight excluding hydrogens is 201 g/mol. The highest BCUT2D eigenvalue weighted by Gasteiger charge is 2.30. The van der Waals surface area contributed by atoms with Crippen molar-refractivity contribution in [2.45, 2.75) is 44.6 Å². The zero-order valence-electron chi connectivity index (χ0n) is 9.93. The number of halogens is 1. The van der Waals surface area contributed by atoms with Crippen LogP contribution in [0.2, 0.25) is 0 Å². The van der Waals surface area contributed by atoms with E-state index in [0.29, 0.717) is 0 Å². The van der Waals surface area contributed by atoms with E-state index in [9.17, 15) is 4.39 Å². The van der Waals surface area contributed by atoms with Gasteiger partial charge >= 0.3 is 0 Å². The third kappa shape index (κ3) is 2.27. The van der Waals surface area contributed by atoms with E-state index in [2.05, 4.69) is 12.2 Å². The molecule has 1 aromatic carbocycles. The van der Waals surface area contributed by atoms with Crippen LogP contribution < -0.4 is 5.32 Å². The molecule has 1 N–H and O–H groups in total. The molecule has 0 amide bonds. The molecule has 1 atom stereocenters. The number of hydrogen-bond acceptors (Lipinski definition) is 1. The van der Waals surface area contributed by atoms with Crippen LogP contribution in [0.3, 0.4) is 0 Å². The Morgan fingerprint density at radius 2 is 1.94 bits per heavy atom. The Labute approximate surface area is 97.1 Å². The summed E-state index contributed by atoms with van der Waals surface area (Å²) in [5, 5.41) is 3.66. The van der Waals surface area contributed by atoms with Crippen molar-refractivity contribution in [2.24, 2.45) is 0 Å². The molecule has 0 radical (unpaired) electrons. The van der Waals surface area contributed by atoms with Crippen LogP contribution in [0.4, 0.5) is 4.39 Å². The topological polar surface area (TPSA) is 12.0 Å². The third-order valence-corrected chi connectivity index (χ3v) is 3.74. The molecule has 2 rings (SSSR count). The molecule has 1 aliphatic rings. The van der Waals surface area contributed by atoms with Gasteiger partial charge in [0, 0.05) is 5.54 Å². The van der Waals surface area contributed by atoms with Gasteiger partial charge in [0.05, 0.1) is 0 Å². The van der Waals surface area contributed by atoms with Crippen molar-refractivity contribution in [1.29, 1.82) is 0 Å². The molecule has 88 valence electrons. The standard InChI is InChI=1S/C14H20FN/c1-2-14(10-4-3-5-11-16-14)12-6-8-13(15)9-7-12/h6-9,16H,2-5,10-11H2,1H3. The summed E-state index contributed by atoms with van der Waals surface area (Å²) in [4.78, 5) is 0. The Morgan fingerprint density at radius 1 is 1.19 bits per heavy atom. The first-order chi connectivity index (χ1) is 7.77. The Morgan fingerprint density at radius 3 is 2.62 bits per heavy atom. The van der Waals surface area contributed by atoms with Gasteiger partial charge in [-0.25, -0.2) is 4.39 Å². The maximum absolute atomic E-state index is 12.9. The van der Waals surface area contributed by atoms with Crippen LogP contribution in [0, 0.1) is 5.82 Å². The summed E-state index contributed by atoms with van der Waals surface area (Å²) >= 11 is 0. The van der Waals surface area contributed by atoms with Gasteiger partial charge in [-0.3, -0.25) is 0 Å². The Bertz CT molecular complexity index is 323. The molecule has 0 aromatic heterocycles. The van der Waals surface area contributed by atoms with Crippen LogP contribution in [0.1, 0.15) is 44.6 Å². The number of benzene rings is 1. The fourth-order valence-corrected chi connectivity index (χ4v) is 2.67. The fraction of sp³-hybridized carbons (Fsp3) is 0.571. The Hall–Kier alpha value is -0.890. The van der Waals surface area contributed by atoms with Crippen molar-refractivity contribution >= 4 is 0 Å². The van der Waals surface area contributed by atoms with E-state index in [1.807, 2.05) is 12.1 Å². The van der Waals surface area contributed by atoms with Gasteiger partial charge in [0.25, 0.3) is 0 Å². The van der Waals surface area contributed by atoms with E-state index in [-0.39, 0.29) is 11.4 Å². The van der Waals surface area contributed by atoms with Crippen molar-refractivity contribution in [3.8, 4) is 0 Å². The van der Waals surface area contributed by atoms with Crippen LogP contribution in [0.25, 0.3) is 0 Å². The van der Waals surface area contributed by atoms with Gasteiger partial charge in [0.2, 0.25) is 0 Å². The van der Waals surface area contributed by atoms with E-state index in [4.69, 9.17) is 0 Å². The molecule has 1 aromatic rings. The highest BCUT2D eigenvalue weighted by atomic mass is 19.1. The minimum Gasteiger partial charge on any atom is -0.307 e. The van der Waals surface area contributed by atoms with Gasteiger partial charge in [-0.1, -0.05) is 31.9 Å². The summed E-state index contributed by atoms with van der Waals surface area (Å²) in [5.74, 6) is -0.149. The predicted molar refractivity (Wildman–Crippen MR) is 64.8 cm³/mol. The van der Waals surface area contributed by atoms with Gasteiger partial charge < -0.3 is 5.32 Å². The van der Waals surface area contributed by atoms with Gasteiger partial charge in [-0.05, 0) is 43.5 Å². The first kappa shape index (κ1) is 11.6. The first-order valence-corrected chi connectivity index (χ1v) is 6.28. The monoisotopic (exact) mass is 221 g/mol. The number of rotatable bonds is 2. The van der Waals surface area contributed by atoms with Gasteiger partial charge in [0.1, 0.15) is 5.82 Å². The van der Waals surface area contributed by atoms with Crippen LogP contribution in [0.15, 0.2) is 24.3 Å². The zero-order valence-corrected chi connectivity index (χ0v) is 9.93. The molecule has 16 heavy (non-hydrogen) atoms. The summed E-state index contributed by atoms with van der Waals surface area (Å²) in [6.07, 6.45) is 6.05. The van der Waals surface area contributed by atoms with Crippen LogP contribution in [-0.4, -0.2) is 6.54 Å². The largest absolute Gasteiger partial charge is 0.307 e. The summed E-state index contributed by atoms with van der Waals surface area (Å²) in [5.41, 5.74) is 1.31. The van der Waals surface area contributed by atoms with E-state index in [1.165, 1.54) is 24.8 Å². The molecule has 1 aliphatic heterocycles. The second-order valence-electron chi connectivity index (χ2n) is 4.68. The highest BCUT2D eigenvalue weighted by molar-refractivity contribution is 5.25. The maximum Gasteiger partial charge on any atom is 0.123 e. The summed E-state index contributed by atoms with van der Waals surface area (Å²) in [6.45, 7) is 3.28. The molecule has 1 fully saturated rings. The molecular formula is C14H20FN. The molecule has 0 spiro atoms. The lowest BCUT2D eigenvalue weighted by Crippen LogP contribution is -2.41. The SMILES string of the molecule is CCC1(c2ccc(F)cc2)CCCCCN1. The van der Waals surface area contributed by atoms with E-state index >= 15 is 0 Å². The summed E-state index contributed by atoms with van der Waals surface area (Å²) in [6, 6.07) is 6.99. The van der Waals surface area contributed by atoms with Crippen molar-refractivity contribution < 1.29 is 4.39 Å². The van der Waals surface area contributed by atoms with E-state index in [0.717, 1.165) is 19.4 Å². The smallest absolute Gasteiger partial charge is 0.123 e. The molecule has 1 unspecified atom stereocenters. The van der Waals surface area contributed by atoms with Crippen LogP contribution >= 0.6 is 0 Å². The summed E-state index contributed by atoms with van der Waals surface area (Å²) in [7, 11) is 0. The van der Waals surface area contributed by atoms with Gasteiger partial charge in [-0.15, -0.1) is 0 Å². The average molecular weight is 221 g/mol. The molecule has 0 bridgehead atoms. The van der Waals surface area contributed by atoms with Crippen LogP contribution in [-0.2, 0) is 5.54 Å². The lowest BCUT2D eigenvalue weighted by Gasteiger charge is -2.33. The maximum atomic E-state index is 12.9. The van der Waals surface area contributed by atoms with Crippen molar-refractivity contribution in [1.82, 2.24) is 5.32 Å². The quantitative estimate of drug-likeness (QED) is 0.804. The van der Waals surface area contributed by atoms with E-state index < -0.39 is 0 Å². The number of nitrogens with one attached hydrogen (secondary N) is 1. The Kier molecular flexibility index (Phi) is 3.59. The molecule has 0 saturated carbocycles. The average Bonchev–Trinajstić information content (AvgIpc) is 2.56. The third-order valence-electron chi connectivity index (χ3n) is 3.74. The number of hydrogen-bond donors (Lipinski definition) is 1. The summed E-state index contributed by atoms with van der Waals surface area (Å²) < 4.78 is 12.9. The van der Waals surface area contributed by atoms with Crippen molar-refractivity contribution in [3.05, 3.63) is 35.6 Å². The molecule has 1 heterocycles. The molecule has 2 heteroatoms. The first-order valence-electron chi connectivity index (χ1n) is 6.28. The van der Waals surface area contributed by atoms with Crippen molar-refractivity contribution in [3.63, 3.8) is 0 Å². The second kappa shape index (κ2) is 4.96. The van der Waals surface area contributed by atoms with E-state index in [1.54, 1.807) is 12.1 Å². The molecule has 1 nitrogen and oxygen atoms in total. The fourth-order valence-electron chi connectivity index (χ4n) is 2.67. The highest BCUT2D eigenvalue weighted by Crippen LogP contribution is 2.32. The van der Waals surface area contributed by atoms with Crippen molar-refractivity contribution in [2.75, 3.05) is 6.54 Å². The lowest BCUT2D eigenvalue weighted by atomic mass is 9.83. The minimum absolute atomic E-state index is 0.0736. The van der Waals surface area contributed by atoms with Gasteiger partial charge in [-0.2, -0.15) is 0 Å². The molecule has 1 saturated heterocycles. The minimum atomic E-state index is -0.149. The molecule has 0 aliphatic carbocycles. The van der Waals surface area contributed by atoms with Crippen LogP contribution in [0.5, 0.6) is 0 Å². The lowest BCUT2D eigenvalue weighted by molar-refractivity contribution is 0.312. The Balaban J connectivity index is 2.28. The van der Waals surface area contributed by atoms with Gasteiger partial charge in [0.15, 0.2) is 0 Å².